The topological polar surface area (TPSA) is 69.6 Å². The monoisotopic (exact) mass is 442 g/mol. The molecule has 0 amide bonds. The average molecular weight is 443 g/mol. The van der Waals surface area contributed by atoms with Crippen molar-refractivity contribution in [2.75, 3.05) is 39.8 Å². The highest BCUT2D eigenvalue weighted by Gasteiger charge is 2.13. The molecule has 0 atom stereocenters. The molecule has 0 bridgehead atoms. The van der Waals surface area contributed by atoms with Crippen LogP contribution >= 0.6 is 0 Å². The highest BCUT2D eigenvalue weighted by molar-refractivity contribution is 5.88. The molecule has 0 aliphatic carbocycles. The molecule has 4 aromatic rings. The van der Waals surface area contributed by atoms with Crippen molar-refractivity contribution in [1.29, 1.82) is 0 Å². The lowest BCUT2D eigenvalue weighted by Gasteiger charge is -2.32. The van der Waals surface area contributed by atoms with Crippen LogP contribution in [0.5, 0.6) is 0 Å². The fraction of sp³-hybridized carbons (Fsp3) is 0.296. The Morgan fingerprint density at radius 2 is 1.79 bits per heavy atom. The highest BCUT2D eigenvalue weighted by atomic mass is 16.3. The van der Waals surface area contributed by atoms with Gasteiger partial charge in [0.2, 0.25) is 0 Å². The third-order valence-corrected chi connectivity index (χ3v) is 6.29. The molecule has 2 aromatic heterocycles. The summed E-state index contributed by atoms with van der Waals surface area (Å²) < 4.78 is 0. The van der Waals surface area contributed by atoms with Crippen molar-refractivity contribution in [2.24, 2.45) is 0 Å². The number of likely N-dealkylation sites (N-methyl/N-ethyl adjacent to an activating group) is 1. The van der Waals surface area contributed by atoms with E-state index in [2.05, 4.69) is 77.3 Å². The number of carboxylic acid groups (broad SMARTS) is 1. The van der Waals surface area contributed by atoms with E-state index in [9.17, 15) is 0 Å². The summed E-state index contributed by atoms with van der Waals surface area (Å²) in [5.41, 5.74) is 6.87. The molecule has 6 heteroatoms. The summed E-state index contributed by atoms with van der Waals surface area (Å²) in [4.78, 5) is 22.8. The third kappa shape index (κ3) is 5.53. The van der Waals surface area contributed by atoms with Crippen LogP contribution in [-0.2, 0) is 11.2 Å². The average Bonchev–Trinajstić information content (AvgIpc) is 2.84. The zero-order valence-corrected chi connectivity index (χ0v) is 19.2. The molecule has 1 fully saturated rings. The molecule has 2 aromatic carbocycles. The van der Waals surface area contributed by atoms with Crippen LogP contribution in [0.25, 0.3) is 33.1 Å². The third-order valence-electron chi connectivity index (χ3n) is 6.29. The summed E-state index contributed by atoms with van der Waals surface area (Å²) in [6, 6.07) is 19.4. The summed E-state index contributed by atoms with van der Waals surface area (Å²) in [7, 11) is 2.21. The van der Waals surface area contributed by atoms with Crippen molar-refractivity contribution in [3.8, 4) is 11.3 Å². The van der Waals surface area contributed by atoms with Gasteiger partial charge in [0.05, 0.1) is 16.7 Å². The highest BCUT2D eigenvalue weighted by Crippen LogP contribution is 2.27. The lowest BCUT2D eigenvalue weighted by atomic mass is 10.0. The minimum Gasteiger partial charge on any atom is -0.483 e. The van der Waals surface area contributed by atoms with Gasteiger partial charge >= 0.3 is 0 Å². The van der Waals surface area contributed by atoms with E-state index in [0.29, 0.717) is 0 Å². The SMILES string of the molecule is Cc1cc(-c2ccc3cccnc3c2)nc2ccc(CCN3CCN(C)CC3)cc12.O=CO. The Balaban J connectivity index is 0.000000821. The Kier molecular flexibility index (Phi) is 7.27. The van der Waals surface area contributed by atoms with Crippen molar-refractivity contribution < 1.29 is 9.90 Å². The van der Waals surface area contributed by atoms with Crippen LogP contribution in [0, 0.1) is 6.92 Å². The zero-order valence-electron chi connectivity index (χ0n) is 19.2. The first-order chi connectivity index (χ1) is 16.1. The predicted molar refractivity (Wildman–Crippen MR) is 134 cm³/mol. The number of benzene rings is 2. The van der Waals surface area contributed by atoms with Crippen LogP contribution in [0.3, 0.4) is 0 Å². The molecule has 5 rings (SSSR count). The number of piperazine rings is 1. The zero-order chi connectivity index (χ0) is 23.2. The number of aryl methyl sites for hydroxylation is 1. The summed E-state index contributed by atoms with van der Waals surface area (Å²) >= 11 is 0. The van der Waals surface area contributed by atoms with E-state index in [1.165, 1.54) is 42.7 Å². The molecule has 0 unspecified atom stereocenters. The second-order valence-corrected chi connectivity index (χ2v) is 8.59. The van der Waals surface area contributed by atoms with Crippen LogP contribution in [0.2, 0.25) is 0 Å². The number of hydrogen-bond acceptors (Lipinski definition) is 5. The Hall–Kier alpha value is -3.35. The van der Waals surface area contributed by atoms with Crippen molar-refractivity contribution >= 4 is 28.3 Å². The number of pyridine rings is 2. The number of nitrogens with zero attached hydrogens (tertiary/aromatic N) is 4. The molecule has 0 saturated carbocycles. The molecule has 3 heterocycles. The minimum atomic E-state index is -0.250. The van der Waals surface area contributed by atoms with Gasteiger partial charge in [-0.3, -0.25) is 9.78 Å². The molecule has 1 aliphatic rings. The first kappa shape index (κ1) is 22.8. The van der Waals surface area contributed by atoms with Gasteiger partial charge in [-0.25, -0.2) is 4.98 Å². The molecule has 170 valence electrons. The summed E-state index contributed by atoms with van der Waals surface area (Å²) in [6.07, 6.45) is 2.94. The summed E-state index contributed by atoms with van der Waals surface area (Å²) in [5, 5.41) is 9.30. The second-order valence-electron chi connectivity index (χ2n) is 8.59. The summed E-state index contributed by atoms with van der Waals surface area (Å²) in [6.45, 7) is 7.77. The van der Waals surface area contributed by atoms with Crippen LogP contribution in [0.1, 0.15) is 11.1 Å². The maximum absolute atomic E-state index is 8.36. The van der Waals surface area contributed by atoms with E-state index < -0.39 is 0 Å². The van der Waals surface area contributed by atoms with Crippen molar-refractivity contribution in [3.63, 3.8) is 0 Å². The van der Waals surface area contributed by atoms with E-state index in [4.69, 9.17) is 14.9 Å². The second kappa shape index (κ2) is 10.5. The number of rotatable bonds is 4. The quantitative estimate of drug-likeness (QED) is 0.477. The Labute approximate surface area is 194 Å². The first-order valence-electron chi connectivity index (χ1n) is 11.3. The van der Waals surface area contributed by atoms with Crippen molar-refractivity contribution in [2.45, 2.75) is 13.3 Å². The molecule has 33 heavy (non-hydrogen) atoms. The Bertz CT molecular complexity index is 1250. The number of hydrogen-bond donors (Lipinski definition) is 1. The lowest BCUT2D eigenvalue weighted by Crippen LogP contribution is -2.45. The van der Waals surface area contributed by atoms with Gasteiger partial charge in [-0.05, 0) is 61.9 Å². The van der Waals surface area contributed by atoms with Crippen LogP contribution in [0.15, 0.2) is 60.8 Å². The molecule has 0 spiro atoms. The fourth-order valence-corrected chi connectivity index (χ4v) is 4.33. The molecule has 1 N–H and O–H groups in total. The fourth-order valence-electron chi connectivity index (χ4n) is 4.33. The van der Waals surface area contributed by atoms with Crippen molar-refractivity contribution in [3.05, 3.63) is 71.9 Å². The molecule has 1 aliphatic heterocycles. The molecule has 0 radical (unpaired) electrons. The van der Waals surface area contributed by atoms with Gasteiger partial charge in [0.1, 0.15) is 0 Å². The van der Waals surface area contributed by atoms with Gasteiger partial charge in [-0.15, -0.1) is 0 Å². The smallest absolute Gasteiger partial charge is 0.290 e. The molecule has 6 nitrogen and oxygen atoms in total. The minimum absolute atomic E-state index is 0.250. The molecular weight excluding hydrogens is 412 g/mol. The Morgan fingerprint density at radius 3 is 2.58 bits per heavy atom. The van der Waals surface area contributed by atoms with Gasteiger partial charge in [0.25, 0.3) is 6.47 Å². The van der Waals surface area contributed by atoms with Crippen LogP contribution in [-0.4, -0.2) is 71.1 Å². The predicted octanol–water partition coefficient (Wildman–Crippen LogP) is 4.25. The van der Waals surface area contributed by atoms with Crippen LogP contribution < -0.4 is 0 Å². The molecule has 1 saturated heterocycles. The van der Waals surface area contributed by atoms with E-state index in [1.54, 1.807) is 0 Å². The normalized spacial score (nSPS) is 14.7. The van der Waals surface area contributed by atoms with Gasteiger partial charge < -0.3 is 14.9 Å². The maximum Gasteiger partial charge on any atom is 0.290 e. The van der Waals surface area contributed by atoms with Gasteiger partial charge in [0, 0.05) is 55.3 Å². The summed E-state index contributed by atoms with van der Waals surface area (Å²) in [5.74, 6) is 0. The lowest BCUT2D eigenvalue weighted by molar-refractivity contribution is -0.122. The van der Waals surface area contributed by atoms with Gasteiger partial charge in [0.15, 0.2) is 0 Å². The van der Waals surface area contributed by atoms with E-state index >= 15 is 0 Å². The van der Waals surface area contributed by atoms with Gasteiger partial charge in [-0.2, -0.15) is 0 Å². The standard InChI is InChI=1S/C26H28N4.CH2O2/c1-19-16-26(22-7-6-21-4-3-10-27-25(21)18-22)28-24-8-5-20(17-23(19)24)9-11-30-14-12-29(2)13-15-30;2-1-3/h3-8,10,16-18H,9,11-15H2,1-2H3;1H,(H,2,3). The number of fused-ring (bicyclic) bond motifs is 2. The largest absolute Gasteiger partial charge is 0.483 e. The van der Waals surface area contributed by atoms with Crippen molar-refractivity contribution in [1.82, 2.24) is 19.8 Å². The molecular formula is C27H30N4O2. The first-order valence-corrected chi connectivity index (χ1v) is 11.3. The van der Waals surface area contributed by atoms with E-state index in [-0.39, 0.29) is 6.47 Å². The van der Waals surface area contributed by atoms with E-state index in [1.807, 2.05) is 12.3 Å². The van der Waals surface area contributed by atoms with E-state index in [0.717, 1.165) is 40.6 Å². The Morgan fingerprint density at radius 1 is 1.00 bits per heavy atom. The van der Waals surface area contributed by atoms with Crippen LogP contribution in [0.4, 0.5) is 0 Å². The van der Waals surface area contributed by atoms with Gasteiger partial charge in [-0.1, -0.05) is 24.3 Å². The number of aromatic nitrogens is 2. The maximum atomic E-state index is 8.36. The number of carbonyl (C=O) groups is 1.